The number of nitrogens with one attached hydrogen (secondary N) is 12. The van der Waals surface area contributed by atoms with E-state index >= 15 is 0 Å². The fourth-order valence-corrected chi connectivity index (χ4v) is 20.1. The zero-order chi connectivity index (χ0) is 109. The maximum absolute atomic E-state index is 14.4. The number of amides is 20. The molecule has 41 nitrogen and oxygen atoms in total. The minimum absolute atomic E-state index is 0.0381. The molecule has 18 atom stereocenters. The number of carbonyl (C=O) groups excluding carboxylic acids is 20. The molecule has 3 unspecified atom stereocenters. The number of Topliss-reactive ketones (excluding diaryl/α,β-unsaturated/α-hetero) is 3. The zero-order valence-electron chi connectivity index (χ0n) is 90.1. The van der Waals surface area contributed by atoms with Crippen LogP contribution in [0.15, 0.2) is 38.0 Å². The van der Waals surface area contributed by atoms with Crippen LogP contribution in [0.25, 0.3) is 0 Å². The Morgan fingerprint density at radius 3 is 0.889 bits per heavy atom. The third-order valence-electron chi connectivity index (χ3n) is 29.6. The van der Waals surface area contributed by atoms with Gasteiger partial charge in [-0.3, -0.25) is 86.5 Å². The molecule has 9 aliphatic rings. The standard InChI is InChI=1S/C35H56N6O8.C34H54N6O8.C34H56N6O7/c1-11-13-14-21(27(44)30(46)36-15-12-2)37-29(45)26-25-20(35(25,9)10)16-41(26)31(47)28(34(6,7)8)39-32(48)38-22(33(3,4)5)17-40-23(42)18-49-19-24(40)43;1-11-13-20(26(43)29(45)35-14-12-2)36-28(44)25-24-19(34(24,9)10)15-40(25)30(46)27(33(6,7)8)38-31(47)37-21(32(3,4)5)16-39-22(41)17-48-18-23(39)42;1-11-14-21(25(41)28(43)35-15-12-2)36-27(42)24-23-20(34(23,9)10)18-40(24)29(44)26(33(6,7)8)38-30(45)37-22(32(3,4)5)19-39-16-13-17-47-31(39)46/h12,20-22,25-26,28H,2,11,13-19H2,1,3-10H3,(H,36,46)(H,37,45)(H2,38,39,48);12,19-21,24-25,27H,2,11,13-18H2,1,3-10H3,(H,35,45)(H,36,44)(H2,37,38,47);12,20-24,26H,2,11,13-19H2,1,3-10H3,(H,35,43)(H,36,42)(H2,37,38,45)/t20-,21?,22+,25-,26-,28+;19-,20?,21+,24-,25-,27+;20-,21?,22+,23-,24-,26+/m000/s1. The number of hydrogen-bond acceptors (Lipinski definition) is 23. The third kappa shape index (κ3) is 29.8. The van der Waals surface area contributed by atoms with Crippen molar-refractivity contribution in [3.8, 4) is 0 Å². The summed E-state index contributed by atoms with van der Waals surface area (Å²) in [4.78, 5) is 272. The maximum atomic E-state index is 14.4. The van der Waals surface area contributed by atoms with Crippen molar-refractivity contribution in [3.05, 3.63) is 38.0 Å². The van der Waals surface area contributed by atoms with Gasteiger partial charge in [0.25, 0.3) is 41.4 Å². The Balaban J connectivity index is 0.000000293. The summed E-state index contributed by atoms with van der Waals surface area (Å²) in [5.74, 6) is -9.84. The van der Waals surface area contributed by atoms with Crippen LogP contribution < -0.4 is 63.8 Å². The van der Waals surface area contributed by atoms with Crippen LogP contribution in [0.4, 0.5) is 19.2 Å². The van der Waals surface area contributed by atoms with E-state index in [4.69, 9.17) is 14.2 Å². The normalized spacial score (nSPS) is 23.7. The minimum Gasteiger partial charge on any atom is -0.449 e. The second-order valence-corrected chi connectivity index (χ2v) is 47.9. The molecule has 806 valence electrons. The molecule has 3 saturated carbocycles. The molecule has 6 aliphatic heterocycles. The fourth-order valence-electron chi connectivity index (χ4n) is 20.1. The molecule has 20 amide bonds. The van der Waals surface area contributed by atoms with Gasteiger partial charge in [0, 0.05) is 65.4 Å². The Morgan fingerprint density at radius 2 is 0.646 bits per heavy atom. The summed E-state index contributed by atoms with van der Waals surface area (Å²) in [5, 5.41) is 33.0. The van der Waals surface area contributed by atoms with E-state index in [0.717, 1.165) is 16.2 Å². The molecule has 0 spiro atoms. The van der Waals surface area contributed by atoms with E-state index in [-0.39, 0.29) is 137 Å². The monoisotopic (exact) mass is 2020 g/mol. The van der Waals surface area contributed by atoms with Crippen molar-refractivity contribution in [1.29, 1.82) is 0 Å². The van der Waals surface area contributed by atoms with Crippen molar-refractivity contribution in [1.82, 2.24) is 93.2 Å². The van der Waals surface area contributed by atoms with Gasteiger partial charge in [-0.25, -0.2) is 19.2 Å². The number of cyclic esters (lactones) is 1. The second kappa shape index (κ2) is 48.4. The van der Waals surface area contributed by atoms with Crippen LogP contribution >= 0.6 is 0 Å². The van der Waals surface area contributed by atoms with E-state index < -0.39 is 223 Å². The van der Waals surface area contributed by atoms with E-state index in [9.17, 15) is 95.9 Å². The van der Waals surface area contributed by atoms with Crippen molar-refractivity contribution in [3.63, 3.8) is 0 Å². The lowest BCUT2D eigenvalue weighted by Crippen LogP contribution is -2.63. The molecular formula is C103H166N18O23. The second-order valence-electron chi connectivity index (χ2n) is 47.9. The number of rotatable bonds is 40. The summed E-state index contributed by atoms with van der Waals surface area (Å²) in [6, 6.07) is -12.6. The quantitative estimate of drug-likeness (QED) is 0.0211. The molecule has 0 aromatic rings. The minimum atomic E-state index is -1.06. The number of piperidine rings is 3. The Hall–Kier alpha value is -11.3. The van der Waals surface area contributed by atoms with E-state index in [1.165, 1.54) is 32.9 Å². The molecule has 6 saturated heterocycles. The summed E-state index contributed by atoms with van der Waals surface area (Å²) < 4.78 is 15.2. The van der Waals surface area contributed by atoms with Gasteiger partial charge in [-0.1, -0.05) is 231 Å². The number of hydrogen-bond donors (Lipinski definition) is 12. The van der Waals surface area contributed by atoms with E-state index in [2.05, 4.69) is 97.4 Å². The van der Waals surface area contributed by atoms with Gasteiger partial charge in [0.05, 0.1) is 42.9 Å². The highest BCUT2D eigenvalue weighted by Gasteiger charge is 2.73. The number of imide groups is 2. The summed E-state index contributed by atoms with van der Waals surface area (Å²) >= 11 is 0. The number of likely N-dealkylation sites (tertiary alicyclic amines) is 3. The van der Waals surface area contributed by atoms with Gasteiger partial charge < -0.3 is 97.6 Å². The van der Waals surface area contributed by atoms with Crippen LogP contribution in [0.3, 0.4) is 0 Å². The van der Waals surface area contributed by atoms with Gasteiger partial charge in [0.15, 0.2) is 0 Å². The van der Waals surface area contributed by atoms with Gasteiger partial charge in [0.2, 0.25) is 52.8 Å². The predicted molar refractivity (Wildman–Crippen MR) is 536 cm³/mol. The molecule has 144 heavy (non-hydrogen) atoms. The summed E-state index contributed by atoms with van der Waals surface area (Å²) in [7, 11) is 0. The summed E-state index contributed by atoms with van der Waals surface area (Å²) in [5.41, 5.74) is -4.49. The van der Waals surface area contributed by atoms with Crippen LogP contribution in [0, 0.1) is 84.2 Å². The van der Waals surface area contributed by atoms with E-state index in [0.29, 0.717) is 58.5 Å². The van der Waals surface area contributed by atoms with Crippen molar-refractivity contribution in [2.45, 2.75) is 311 Å². The predicted octanol–water partition coefficient (Wildman–Crippen LogP) is 5.27. The Morgan fingerprint density at radius 1 is 0.375 bits per heavy atom. The highest BCUT2D eigenvalue weighted by Crippen LogP contribution is 2.67. The van der Waals surface area contributed by atoms with Crippen molar-refractivity contribution in [2.75, 3.05) is 98.5 Å². The number of nitrogens with zero attached hydrogens (tertiary/aromatic N) is 6. The zero-order valence-corrected chi connectivity index (χ0v) is 90.1. The Bertz CT molecular complexity index is 4780. The van der Waals surface area contributed by atoms with E-state index in [1.807, 2.05) is 132 Å². The largest absolute Gasteiger partial charge is 0.449 e. The lowest BCUT2D eigenvalue weighted by molar-refractivity contribution is -0.160. The van der Waals surface area contributed by atoms with Crippen LogP contribution in [0.1, 0.15) is 238 Å². The number of carbonyl (C=O) groups is 20. The van der Waals surface area contributed by atoms with Gasteiger partial charge in [-0.2, -0.15) is 0 Å². The van der Waals surface area contributed by atoms with Crippen molar-refractivity contribution in [2.24, 2.45) is 84.2 Å². The van der Waals surface area contributed by atoms with Crippen LogP contribution in [0.5, 0.6) is 0 Å². The molecule has 3 aliphatic carbocycles. The molecule has 6 heterocycles. The molecule has 41 heteroatoms. The number of unbranched alkanes of at least 4 members (excludes halogenated alkanes) is 1. The lowest BCUT2D eigenvalue weighted by atomic mass is 9.84. The smallest absolute Gasteiger partial charge is 0.409 e. The molecule has 0 radical (unpaired) electrons. The average Bonchev–Trinajstić information content (AvgIpc) is 1.53. The molecule has 0 aromatic heterocycles. The summed E-state index contributed by atoms with van der Waals surface area (Å²) in [6.07, 6.45) is 7.86. The van der Waals surface area contributed by atoms with Gasteiger partial charge >= 0.3 is 24.2 Å². The first-order valence-electron chi connectivity index (χ1n) is 50.6. The number of fused-ring (bicyclic) bond motifs is 3. The summed E-state index contributed by atoms with van der Waals surface area (Å²) in [6.45, 7) is 63.3. The van der Waals surface area contributed by atoms with Gasteiger partial charge in [0.1, 0.15) is 62.7 Å². The maximum Gasteiger partial charge on any atom is 0.409 e. The lowest BCUT2D eigenvalue weighted by Gasteiger charge is -2.39. The fraction of sp³-hybridized carbons (Fsp3) is 0.748. The SMILES string of the molecule is C=CCNC(=O)C(=O)C(CCC)NC(=O)[C@@H]1[C@@H]2[C@H](CN1C(=O)[C@@H](NC(=O)N[C@H](CN1C(=O)COCC1=O)C(C)(C)C)C(C)(C)C)C2(C)C.C=CCNC(=O)C(=O)C(CCC)NC(=O)[C@@H]1[C@@H]2[C@H](CN1C(=O)[C@@H](NC(=O)N[C@H](CN1CCCOC1=O)C(C)(C)C)C(C)(C)C)C2(C)C.C=CCNC(=O)C(=O)C(CCCC)NC(=O)[C@@H]1[C@@H]2[C@H](CN1C(=O)[C@@H](NC(=O)N[C@H](CN1C(=O)COCC1=O)C(C)(C)C)C(C)(C)C)C2(C)C. The van der Waals surface area contributed by atoms with Gasteiger partial charge in [-0.15, -0.1) is 19.7 Å². The van der Waals surface area contributed by atoms with Crippen LogP contribution in [-0.2, 0) is 90.9 Å². The number of ether oxygens (including phenoxy) is 3. The highest BCUT2D eigenvalue weighted by molar-refractivity contribution is 6.39. The number of ketones is 3. The highest BCUT2D eigenvalue weighted by atomic mass is 16.6. The number of morpholine rings is 2. The first kappa shape index (κ1) is 120. The Labute approximate surface area is 849 Å². The third-order valence-corrected chi connectivity index (χ3v) is 29.6. The average molecular weight is 2020 g/mol. The Kier molecular flexibility index (Phi) is 40.2. The molecular weight excluding hydrogens is 1860 g/mol. The topological polar surface area (TPSA) is 533 Å². The van der Waals surface area contributed by atoms with E-state index in [1.54, 1.807) is 46.4 Å². The number of urea groups is 3. The van der Waals surface area contributed by atoms with Crippen molar-refractivity contribution < 1.29 is 110 Å². The van der Waals surface area contributed by atoms with Crippen LogP contribution in [-0.4, -0.2) is 319 Å². The first-order valence-corrected chi connectivity index (χ1v) is 50.6. The molecule has 9 fully saturated rings. The molecule has 0 aromatic carbocycles. The van der Waals surface area contributed by atoms with Crippen molar-refractivity contribution >= 4 is 118 Å². The van der Waals surface area contributed by atoms with Gasteiger partial charge in [-0.05, 0) is 110 Å². The first-order chi connectivity index (χ1) is 66.6. The molecule has 12 N–H and O–H groups in total. The molecule has 9 rings (SSSR count). The van der Waals surface area contributed by atoms with Crippen LogP contribution in [0.2, 0.25) is 0 Å². The molecule has 0 bridgehead atoms.